The number of aromatic nitrogens is 1. The highest BCUT2D eigenvalue weighted by atomic mass is 32.1. The van der Waals surface area contributed by atoms with Crippen LogP contribution >= 0.6 is 12.2 Å². The van der Waals surface area contributed by atoms with Crippen LogP contribution in [0.4, 0.5) is 0 Å². The molecule has 1 atom stereocenters. The molecule has 1 aromatic carbocycles. The number of pyridine rings is 1. The van der Waals surface area contributed by atoms with E-state index in [9.17, 15) is 9.59 Å². The molecule has 0 saturated heterocycles. The van der Waals surface area contributed by atoms with Crippen molar-refractivity contribution < 1.29 is 14.3 Å². The number of hydrogen-bond donors (Lipinski definition) is 2. The number of ketones is 1. The Morgan fingerprint density at radius 3 is 2.52 bits per heavy atom. The smallest absolute Gasteiger partial charge is 0.328 e. The van der Waals surface area contributed by atoms with Crippen LogP contribution < -0.4 is 10.5 Å². The Morgan fingerprint density at radius 1 is 1.19 bits per heavy atom. The molecule has 2 aromatic rings. The van der Waals surface area contributed by atoms with Gasteiger partial charge in [0.05, 0.1) is 11.1 Å². The third-order valence-electron chi connectivity index (χ3n) is 2.78. The van der Waals surface area contributed by atoms with Crippen LogP contribution in [0, 0.1) is 4.64 Å². The van der Waals surface area contributed by atoms with Crippen LogP contribution in [0.5, 0.6) is 5.75 Å². The number of benzene rings is 1. The van der Waals surface area contributed by atoms with Gasteiger partial charge in [0, 0.05) is 6.20 Å². The highest BCUT2D eigenvalue weighted by Crippen LogP contribution is 2.22. The van der Waals surface area contributed by atoms with Gasteiger partial charge in [-0.05, 0) is 31.2 Å². The number of hydrogen-bond acceptors (Lipinski definition) is 5. The van der Waals surface area contributed by atoms with E-state index in [1.807, 2.05) is 0 Å². The standard InChI is InChI=1S/C15H14N2O3S/c1-9(16)15(19)20-12-7-3-2-5-10(12)13(18)11-6-4-8-17-14(11)21/h2-9H,16H2,1H3,(H,17,21)/t9-/m0/s1. The monoisotopic (exact) mass is 302 g/mol. The van der Waals surface area contributed by atoms with Gasteiger partial charge in [0.25, 0.3) is 0 Å². The maximum absolute atomic E-state index is 12.5. The lowest BCUT2D eigenvalue weighted by Gasteiger charge is -2.10. The Kier molecular flexibility index (Phi) is 4.62. The van der Waals surface area contributed by atoms with Crippen molar-refractivity contribution in [2.75, 3.05) is 0 Å². The molecule has 0 aliphatic carbocycles. The van der Waals surface area contributed by atoms with Crippen molar-refractivity contribution in [1.82, 2.24) is 4.98 Å². The summed E-state index contributed by atoms with van der Waals surface area (Å²) in [5.41, 5.74) is 6.07. The van der Waals surface area contributed by atoms with Gasteiger partial charge in [-0.1, -0.05) is 24.4 Å². The minimum Gasteiger partial charge on any atom is -0.425 e. The number of carbonyl (C=O) groups excluding carboxylic acids is 2. The fraction of sp³-hybridized carbons (Fsp3) is 0.133. The first-order valence-corrected chi connectivity index (χ1v) is 6.70. The molecule has 1 aromatic heterocycles. The van der Waals surface area contributed by atoms with Crippen LogP contribution in [-0.4, -0.2) is 22.8 Å². The summed E-state index contributed by atoms with van der Waals surface area (Å²) in [5, 5.41) is 0. The number of aromatic amines is 1. The molecule has 3 N–H and O–H groups in total. The van der Waals surface area contributed by atoms with Crippen molar-refractivity contribution in [3.63, 3.8) is 0 Å². The molecular weight excluding hydrogens is 288 g/mol. The van der Waals surface area contributed by atoms with Crippen molar-refractivity contribution in [2.24, 2.45) is 5.73 Å². The zero-order valence-electron chi connectivity index (χ0n) is 11.3. The second kappa shape index (κ2) is 6.43. The highest BCUT2D eigenvalue weighted by Gasteiger charge is 2.19. The molecule has 0 aliphatic heterocycles. The summed E-state index contributed by atoms with van der Waals surface area (Å²) in [6.45, 7) is 1.51. The molecule has 5 nitrogen and oxygen atoms in total. The number of nitrogens with one attached hydrogen (secondary N) is 1. The molecule has 21 heavy (non-hydrogen) atoms. The third kappa shape index (κ3) is 3.42. The predicted molar refractivity (Wildman–Crippen MR) is 80.8 cm³/mol. The quantitative estimate of drug-likeness (QED) is 0.391. The van der Waals surface area contributed by atoms with E-state index in [4.69, 9.17) is 22.7 Å². The van der Waals surface area contributed by atoms with Gasteiger partial charge in [-0.15, -0.1) is 0 Å². The zero-order valence-corrected chi connectivity index (χ0v) is 12.1. The van der Waals surface area contributed by atoms with Crippen LogP contribution in [0.3, 0.4) is 0 Å². The van der Waals surface area contributed by atoms with Crippen LogP contribution in [0.1, 0.15) is 22.8 Å². The molecule has 6 heteroatoms. The average Bonchev–Trinajstić information content (AvgIpc) is 2.47. The van der Waals surface area contributed by atoms with Gasteiger partial charge in [0.1, 0.15) is 16.4 Å². The van der Waals surface area contributed by atoms with Gasteiger partial charge >= 0.3 is 5.97 Å². The number of H-pyrrole nitrogens is 1. The Balaban J connectivity index is 2.41. The summed E-state index contributed by atoms with van der Waals surface area (Å²) >= 11 is 5.10. The van der Waals surface area contributed by atoms with Crippen molar-refractivity contribution in [3.8, 4) is 5.75 Å². The van der Waals surface area contributed by atoms with Gasteiger partial charge in [-0.25, -0.2) is 4.79 Å². The lowest BCUT2D eigenvalue weighted by molar-refractivity contribution is -0.135. The molecule has 0 radical (unpaired) electrons. The Bertz CT molecular complexity index is 737. The van der Waals surface area contributed by atoms with E-state index in [1.54, 1.807) is 42.6 Å². The van der Waals surface area contributed by atoms with E-state index in [0.29, 0.717) is 10.2 Å². The first kappa shape index (κ1) is 15.1. The summed E-state index contributed by atoms with van der Waals surface area (Å²) in [4.78, 5) is 26.9. The van der Waals surface area contributed by atoms with Crippen molar-refractivity contribution in [3.05, 3.63) is 58.4 Å². The maximum atomic E-state index is 12.5. The van der Waals surface area contributed by atoms with Crippen LogP contribution in [0.2, 0.25) is 0 Å². The van der Waals surface area contributed by atoms with Crippen molar-refractivity contribution >= 4 is 24.0 Å². The van der Waals surface area contributed by atoms with Crippen molar-refractivity contribution in [2.45, 2.75) is 13.0 Å². The predicted octanol–water partition coefficient (Wildman–Crippen LogP) is 2.23. The van der Waals surface area contributed by atoms with Gasteiger partial charge in [-0.3, -0.25) is 4.79 Å². The summed E-state index contributed by atoms with van der Waals surface area (Å²) in [5.74, 6) is -0.749. The van der Waals surface area contributed by atoms with E-state index in [0.717, 1.165) is 0 Å². The number of para-hydroxylation sites is 1. The summed E-state index contributed by atoms with van der Waals surface area (Å²) < 4.78 is 5.49. The maximum Gasteiger partial charge on any atom is 0.328 e. The van der Waals surface area contributed by atoms with Crippen LogP contribution in [0.15, 0.2) is 42.6 Å². The van der Waals surface area contributed by atoms with E-state index >= 15 is 0 Å². The SMILES string of the molecule is C[C@H](N)C(=O)Oc1ccccc1C(=O)c1ccc[nH]c1=S. The number of rotatable bonds is 4. The topological polar surface area (TPSA) is 85.2 Å². The normalized spacial score (nSPS) is 11.7. The van der Waals surface area contributed by atoms with E-state index in [1.165, 1.54) is 6.92 Å². The second-order valence-electron chi connectivity index (χ2n) is 4.45. The molecule has 108 valence electrons. The van der Waals surface area contributed by atoms with Crippen LogP contribution in [-0.2, 0) is 4.79 Å². The number of esters is 1. The van der Waals surface area contributed by atoms with Gasteiger partial charge in [0.2, 0.25) is 0 Å². The minimum atomic E-state index is -0.771. The molecule has 0 unspecified atom stereocenters. The number of carbonyl (C=O) groups is 2. The Hall–Kier alpha value is -2.31. The Morgan fingerprint density at radius 2 is 1.86 bits per heavy atom. The van der Waals surface area contributed by atoms with E-state index in [2.05, 4.69) is 4.98 Å². The summed E-state index contributed by atoms with van der Waals surface area (Å²) in [7, 11) is 0. The fourth-order valence-corrected chi connectivity index (χ4v) is 1.92. The Labute approximate surface area is 126 Å². The third-order valence-corrected chi connectivity index (χ3v) is 3.11. The zero-order chi connectivity index (χ0) is 15.4. The molecule has 0 aliphatic rings. The second-order valence-corrected chi connectivity index (χ2v) is 4.86. The molecule has 0 bridgehead atoms. The summed E-state index contributed by atoms with van der Waals surface area (Å²) in [6.07, 6.45) is 1.64. The largest absolute Gasteiger partial charge is 0.425 e. The molecule has 1 heterocycles. The van der Waals surface area contributed by atoms with Gasteiger partial charge in [0.15, 0.2) is 5.78 Å². The lowest BCUT2D eigenvalue weighted by Crippen LogP contribution is -2.31. The molecule has 0 fully saturated rings. The molecule has 2 rings (SSSR count). The van der Waals surface area contributed by atoms with Crippen molar-refractivity contribution in [1.29, 1.82) is 0 Å². The van der Waals surface area contributed by atoms with Gasteiger partial charge in [-0.2, -0.15) is 0 Å². The number of nitrogens with two attached hydrogens (primary N) is 1. The summed E-state index contributed by atoms with van der Waals surface area (Å²) in [6, 6.07) is 9.01. The molecule has 0 amide bonds. The minimum absolute atomic E-state index is 0.169. The fourth-order valence-electron chi connectivity index (χ4n) is 1.69. The molecule has 0 saturated carbocycles. The first-order chi connectivity index (χ1) is 10.0. The lowest BCUT2D eigenvalue weighted by atomic mass is 10.0. The van der Waals surface area contributed by atoms with Gasteiger partial charge < -0.3 is 15.5 Å². The first-order valence-electron chi connectivity index (χ1n) is 6.29. The van der Waals surface area contributed by atoms with Crippen LogP contribution in [0.25, 0.3) is 0 Å². The van der Waals surface area contributed by atoms with E-state index in [-0.39, 0.29) is 17.1 Å². The molecular formula is C15H14N2O3S. The average molecular weight is 302 g/mol. The van der Waals surface area contributed by atoms with E-state index < -0.39 is 12.0 Å². The molecule has 0 spiro atoms. The highest BCUT2D eigenvalue weighted by molar-refractivity contribution is 7.71. The number of ether oxygens (including phenoxy) is 1.